The molecule has 0 unspecified atom stereocenters. The molecular formula is C16H18O2. The second-order valence-corrected chi connectivity index (χ2v) is 4.44. The maximum Gasteiger partial charge on any atom is 0.119 e. The van der Waals surface area contributed by atoms with Gasteiger partial charge in [-0.05, 0) is 28.8 Å². The topological polar surface area (TPSA) is 29.5 Å². The van der Waals surface area contributed by atoms with E-state index < -0.39 is 0 Å². The third-order valence-electron chi connectivity index (χ3n) is 3.11. The van der Waals surface area contributed by atoms with Gasteiger partial charge in [0, 0.05) is 12.5 Å². The molecule has 0 aromatic heterocycles. The highest BCUT2D eigenvalue weighted by molar-refractivity contribution is 5.66. The fourth-order valence-electron chi connectivity index (χ4n) is 1.93. The second-order valence-electron chi connectivity index (χ2n) is 4.44. The van der Waals surface area contributed by atoms with E-state index in [2.05, 4.69) is 18.2 Å². The SMILES string of the molecule is COc1cc(-c2ccccc2)cc([C@@H](C)CO)c1. The molecule has 2 rings (SSSR count). The monoisotopic (exact) mass is 242 g/mol. The number of methoxy groups -OCH3 is 1. The fourth-order valence-corrected chi connectivity index (χ4v) is 1.93. The van der Waals surface area contributed by atoms with Crippen LogP contribution in [0.1, 0.15) is 18.4 Å². The van der Waals surface area contributed by atoms with Gasteiger partial charge in [0.05, 0.1) is 7.11 Å². The van der Waals surface area contributed by atoms with E-state index in [0.29, 0.717) is 0 Å². The molecule has 0 aliphatic heterocycles. The predicted molar refractivity (Wildman–Crippen MR) is 73.9 cm³/mol. The minimum Gasteiger partial charge on any atom is -0.497 e. The van der Waals surface area contributed by atoms with Crippen molar-refractivity contribution < 1.29 is 9.84 Å². The van der Waals surface area contributed by atoms with Crippen molar-refractivity contribution in [1.82, 2.24) is 0 Å². The minimum atomic E-state index is 0.113. The highest BCUT2D eigenvalue weighted by Crippen LogP contribution is 2.29. The molecule has 0 saturated carbocycles. The number of hydrogen-bond donors (Lipinski definition) is 1. The summed E-state index contributed by atoms with van der Waals surface area (Å²) in [6, 6.07) is 16.3. The summed E-state index contributed by atoms with van der Waals surface area (Å²) in [4.78, 5) is 0. The van der Waals surface area contributed by atoms with E-state index in [-0.39, 0.29) is 12.5 Å². The molecule has 0 spiro atoms. The zero-order valence-electron chi connectivity index (χ0n) is 10.8. The lowest BCUT2D eigenvalue weighted by atomic mass is 9.96. The number of benzene rings is 2. The van der Waals surface area contributed by atoms with Gasteiger partial charge in [0.25, 0.3) is 0 Å². The van der Waals surface area contributed by atoms with Crippen molar-refractivity contribution in [2.24, 2.45) is 0 Å². The average Bonchev–Trinajstić information content (AvgIpc) is 2.46. The molecule has 1 N–H and O–H groups in total. The van der Waals surface area contributed by atoms with Crippen molar-refractivity contribution >= 4 is 0 Å². The number of aliphatic hydroxyl groups is 1. The van der Waals surface area contributed by atoms with Crippen LogP contribution in [0.4, 0.5) is 0 Å². The maximum atomic E-state index is 9.27. The first-order chi connectivity index (χ1) is 8.74. The van der Waals surface area contributed by atoms with Crippen LogP contribution in [0.2, 0.25) is 0 Å². The Morgan fingerprint density at radius 1 is 1.06 bits per heavy atom. The Bertz CT molecular complexity index is 506. The first kappa shape index (κ1) is 12.7. The van der Waals surface area contributed by atoms with Crippen LogP contribution in [0.15, 0.2) is 48.5 Å². The normalized spacial score (nSPS) is 12.2. The molecule has 0 bridgehead atoms. The summed E-state index contributed by atoms with van der Waals surface area (Å²) < 4.78 is 5.33. The van der Waals surface area contributed by atoms with Gasteiger partial charge in [-0.15, -0.1) is 0 Å². The molecule has 0 heterocycles. The number of aliphatic hydroxyl groups excluding tert-OH is 1. The van der Waals surface area contributed by atoms with Crippen LogP contribution in [-0.4, -0.2) is 18.8 Å². The Morgan fingerprint density at radius 3 is 2.39 bits per heavy atom. The molecule has 2 aromatic carbocycles. The van der Waals surface area contributed by atoms with Gasteiger partial charge in [0.2, 0.25) is 0 Å². The lowest BCUT2D eigenvalue weighted by Crippen LogP contribution is -2.00. The minimum absolute atomic E-state index is 0.113. The Hall–Kier alpha value is -1.80. The van der Waals surface area contributed by atoms with Crippen LogP contribution in [-0.2, 0) is 0 Å². The molecule has 0 amide bonds. The molecular weight excluding hydrogens is 224 g/mol. The van der Waals surface area contributed by atoms with E-state index in [1.54, 1.807) is 7.11 Å². The van der Waals surface area contributed by atoms with Crippen molar-refractivity contribution in [1.29, 1.82) is 0 Å². The van der Waals surface area contributed by atoms with Crippen molar-refractivity contribution in [3.63, 3.8) is 0 Å². The first-order valence-electron chi connectivity index (χ1n) is 6.10. The Morgan fingerprint density at radius 2 is 1.78 bits per heavy atom. The first-order valence-corrected chi connectivity index (χ1v) is 6.10. The predicted octanol–water partition coefficient (Wildman–Crippen LogP) is 3.46. The number of hydrogen-bond acceptors (Lipinski definition) is 2. The Balaban J connectivity index is 2.48. The van der Waals surface area contributed by atoms with Crippen LogP contribution in [0.5, 0.6) is 5.75 Å². The molecule has 2 heteroatoms. The van der Waals surface area contributed by atoms with Crippen molar-refractivity contribution in [2.75, 3.05) is 13.7 Å². The highest BCUT2D eigenvalue weighted by atomic mass is 16.5. The third kappa shape index (κ3) is 2.71. The van der Waals surface area contributed by atoms with Crippen LogP contribution in [0.3, 0.4) is 0 Å². The summed E-state index contributed by atoms with van der Waals surface area (Å²) in [5, 5.41) is 9.27. The largest absolute Gasteiger partial charge is 0.497 e. The van der Waals surface area contributed by atoms with Gasteiger partial charge in [-0.1, -0.05) is 43.3 Å². The molecule has 94 valence electrons. The van der Waals surface area contributed by atoms with Gasteiger partial charge in [0.1, 0.15) is 5.75 Å². The summed E-state index contributed by atoms with van der Waals surface area (Å²) in [5.74, 6) is 0.939. The number of ether oxygens (including phenoxy) is 1. The molecule has 0 aliphatic rings. The zero-order chi connectivity index (χ0) is 13.0. The standard InChI is InChI=1S/C16H18O2/c1-12(11-17)14-8-15(10-16(9-14)18-2)13-6-4-3-5-7-13/h3-10,12,17H,11H2,1-2H3/t12-/m0/s1. The lowest BCUT2D eigenvalue weighted by molar-refractivity contribution is 0.273. The van der Waals surface area contributed by atoms with Crippen molar-refractivity contribution in [3.05, 3.63) is 54.1 Å². The quantitative estimate of drug-likeness (QED) is 0.889. The molecule has 2 aromatic rings. The second kappa shape index (κ2) is 5.69. The van der Waals surface area contributed by atoms with Gasteiger partial charge in [-0.25, -0.2) is 0 Å². The summed E-state index contributed by atoms with van der Waals surface area (Å²) in [6.07, 6.45) is 0. The summed E-state index contributed by atoms with van der Waals surface area (Å²) >= 11 is 0. The van der Waals surface area contributed by atoms with Crippen molar-refractivity contribution in [2.45, 2.75) is 12.8 Å². The van der Waals surface area contributed by atoms with Crippen LogP contribution >= 0.6 is 0 Å². The van der Waals surface area contributed by atoms with Crippen LogP contribution in [0.25, 0.3) is 11.1 Å². The lowest BCUT2D eigenvalue weighted by Gasteiger charge is -2.13. The third-order valence-corrected chi connectivity index (χ3v) is 3.11. The molecule has 1 atom stereocenters. The number of rotatable bonds is 4. The van der Waals surface area contributed by atoms with E-state index in [1.165, 1.54) is 0 Å². The van der Waals surface area contributed by atoms with Crippen LogP contribution < -0.4 is 4.74 Å². The Labute approximate surface area is 108 Å². The van der Waals surface area contributed by atoms with Gasteiger partial charge < -0.3 is 9.84 Å². The van der Waals surface area contributed by atoms with Crippen molar-refractivity contribution in [3.8, 4) is 16.9 Å². The Kier molecular flexibility index (Phi) is 4.00. The van der Waals surface area contributed by atoms with Gasteiger partial charge in [-0.2, -0.15) is 0 Å². The highest BCUT2D eigenvalue weighted by Gasteiger charge is 2.08. The molecule has 0 aliphatic carbocycles. The van der Waals surface area contributed by atoms with E-state index >= 15 is 0 Å². The summed E-state index contributed by atoms with van der Waals surface area (Å²) in [6.45, 7) is 2.14. The van der Waals surface area contributed by atoms with E-state index in [4.69, 9.17) is 4.74 Å². The van der Waals surface area contributed by atoms with Gasteiger partial charge in [-0.3, -0.25) is 0 Å². The molecule has 0 saturated heterocycles. The molecule has 18 heavy (non-hydrogen) atoms. The maximum absolute atomic E-state index is 9.27. The molecule has 0 fully saturated rings. The average molecular weight is 242 g/mol. The van der Waals surface area contributed by atoms with E-state index in [1.807, 2.05) is 37.3 Å². The zero-order valence-corrected chi connectivity index (χ0v) is 10.8. The van der Waals surface area contributed by atoms with E-state index in [0.717, 1.165) is 22.4 Å². The molecule has 0 radical (unpaired) electrons. The fraction of sp³-hybridized carbons (Fsp3) is 0.250. The summed E-state index contributed by atoms with van der Waals surface area (Å²) in [7, 11) is 1.66. The van der Waals surface area contributed by atoms with Gasteiger partial charge in [0.15, 0.2) is 0 Å². The van der Waals surface area contributed by atoms with Crippen LogP contribution in [0, 0.1) is 0 Å². The van der Waals surface area contributed by atoms with E-state index in [9.17, 15) is 5.11 Å². The summed E-state index contributed by atoms with van der Waals surface area (Å²) in [5.41, 5.74) is 3.36. The van der Waals surface area contributed by atoms with Gasteiger partial charge >= 0.3 is 0 Å². The smallest absolute Gasteiger partial charge is 0.119 e. The molecule has 2 nitrogen and oxygen atoms in total.